The first-order valence-corrected chi connectivity index (χ1v) is 4.98. The molecule has 5 nitrogen and oxygen atoms in total. The number of anilines is 1. The van der Waals surface area contributed by atoms with Crippen molar-refractivity contribution >= 4 is 17.4 Å². The van der Waals surface area contributed by atoms with E-state index in [1.54, 1.807) is 0 Å². The molecule has 0 aliphatic carbocycles. The smallest absolute Gasteiger partial charge is 0.208 e. The zero-order chi connectivity index (χ0) is 12.6. The number of hydrogen-bond donors (Lipinski definition) is 3. The van der Waals surface area contributed by atoms with E-state index in [0.29, 0.717) is 11.1 Å². The number of hydrogen-bond acceptors (Lipinski definition) is 4. The maximum atomic E-state index is 13.7. The fourth-order valence-corrected chi connectivity index (χ4v) is 1.69. The second kappa shape index (κ2) is 4.14. The first kappa shape index (κ1) is 11.5. The summed E-state index contributed by atoms with van der Waals surface area (Å²) < 4.78 is 18.6. The first-order chi connectivity index (χ1) is 8.06. The highest BCUT2D eigenvalue weighted by Crippen LogP contribution is 2.42. The summed E-state index contributed by atoms with van der Waals surface area (Å²) in [5.41, 5.74) is 6.40. The van der Waals surface area contributed by atoms with Gasteiger partial charge in [-0.2, -0.15) is 9.49 Å². The molecule has 0 unspecified atom stereocenters. The van der Waals surface area contributed by atoms with E-state index in [9.17, 15) is 9.50 Å². The molecule has 1 heterocycles. The number of nitrogen functional groups attached to an aromatic ring is 1. The topological polar surface area (TPSA) is 84.2 Å². The Hall–Kier alpha value is -1.95. The Morgan fingerprint density at radius 3 is 2.76 bits per heavy atom. The Morgan fingerprint density at radius 2 is 2.24 bits per heavy atom. The van der Waals surface area contributed by atoms with Crippen LogP contribution in [0.1, 0.15) is 0 Å². The SMILES string of the molecule is COc1c(-c2cn[nH]c2N)cc(Cl)c(O)c1F. The Bertz CT molecular complexity index is 571. The van der Waals surface area contributed by atoms with Crippen molar-refractivity contribution in [2.75, 3.05) is 12.8 Å². The number of phenolic OH excluding ortho intramolecular Hbond substituents is 1. The number of aromatic hydroxyl groups is 1. The van der Waals surface area contributed by atoms with Crippen molar-refractivity contribution in [3.63, 3.8) is 0 Å². The molecule has 0 aliphatic rings. The average Bonchev–Trinajstić information content (AvgIpc) is 2.72. The molecule has 0 fully saturated rings. The minimum Gasteiger partial charge on any atom is -0.504 e. The van der Waals surface area contributed by atoms with Crippen LogP contribution in [-0.2, 0) is 0 Å². The molecule has 1 aromatic carbocycles. The summed E-state index contributed by atoms with van der Waals surface area (Å²) in [7, 11) is 1.28. The lowest BCUT2D eigenvalue weighted by Crippen LogP contribution is -1.95. The quantitative estimate of drug-likeness (QED) is 0.770. The van der Waals surface area contributed by atoms with Crippen molar-refractivity contribution < 1.29 is 14.2 Å². The first-order valence-electron chi connectivity index (χ1n) is 4.60. The summed E-state index contributed by atoms with van der Waals surface area (Å²) >= 11 is 5.70. The number of nitrogens with one attached hydrogen (secondary N) is 1. The van der Waals surface area contributed by atoms with E-state index in [1.165, 1.54) is 19.4 Å². The number of nitrogens with zero attached hydrogens (tertiary/aromatic N) is 1. The molecule has 0 aliphatic heterocycles. The third kappa shape index (κ3) is 1.76. The van der Waals surface area contributed by atoms with Crippen LogP contribution in [0, 0.1) is 5.82 Å². The van der Waals surface area contributed by atoms with Gasteiger partial charge >= 0.3 is 0 Å². The zero-order valence-corrected chi connectivity index (χ0v) is 9.55. The van der Waals surface area contributed by atoms with Gasteiger partial charge in [0.05, 0.1) is 18.3 Å². The fourth-order valence-electron chi connectivity index (χ4n) is 1.50. The molecule has 0 saturated heterocycles. The van der Waals surface area contributed by atoms with Crippen LogP contribution in [0.2, 0.25) is 5.02 Å². The van der Waals surface area contributed by atoms with Gasteiger partial charge in [0.15, 0.2) is 11.5 Å². The van der Waals surface area contributed by atoms with Gasteiger partial charge < -0.3 is 15.6 Å². The second-order valence-electron chi connectivity index (χ2n) is 3.30. The van der Waals surface area contributed by atoms with E-state index >= 15 is 0 Å². The number of H-pyrrole nitrogens is 1. The molecule has 0 bridgehead atoms. The fraction of sp³-hybridized carbons (Fsp3) is 0.100. The maximum Gasteiger partial charge on any atom is 0.208 e. The van der Waals surface area contributed by atoms with Gasteiger partial charge in [0.2, 0.25) is 5.82 Å². The van der Waals surface area contributed by atoms with Crippen LogP contribution in [-0.4, -0.2) is 22.4 Å². The van der Waals surface area contributed by atoms with Gasteiger partial charge in [-0.1, -0.05) is 11.6 Å². The molecule has 2 rings (SSSR count). The third-order valence-corrected chi connectivity index (χ3v) is 2.60. The van der Waals surface area contributed by atoms with E-state index in [0.717, 1.165) is 0 Å². The van der Waals surface area contributed by atoms with Crippen LogP contribution < -0.4 is 10.5 Å². The second-order valence-corrected chi connectivity index (χ2v) is 3.71. The molecule has 90 valence electrons. The highest BCUT2D eigenvalue weighted by molar-refractivity contribution is 6.32. The van der Waals surface area contributed by atoms with Crippen molar-refractivity contribution in [1.82, 2.24) is 10.2 Å². The number of aromatic amines is 1. The number of phenols is 1. The van der Waals surface area contributed by atoms with Crippen LogP contribution in [0.25, 0.3) is 11.1 Å². The van der Waals surface area contributed by atoms with Gasteiger partial charge in [0, 0.05) is 11.1 Å². The van der Waals surface area contributed by atoms with Gasteiger partial charge in [-0.3, -0.25) is 5.10 Å². The van der Waals surface area contributed by atoms with Gasteiger partial charge in [0.1, 0.15) is 5.82 Å². The predicted molar refractivity (Wildman–Crippen MR) is 61.6 cm³/mol. The molecule has 0 saturated carbocycles. The summed E-state index contributed by atoms with van der Waals surface area (Å²) in [5.74, 6) is -1.48. The number of nitrogens with two attached hydrogens (primary N) is 1. The lowest BCUT2D eigenvalue weighted by Gasteiger charge is -2.11. The summed E-state index contributed by atoms with van der Waals surface area (Å²) in [5, 5.41) is 15.5. The molecule has 7 heteroatoms. The zero-order valence-electron chi connectivity index (χ0n) is 8.79. The van der Waals surface area contributed by atoms with Crippen molar-refractivity contribution in [1.29, 1.82) is 0 Å². The summed E-state index contributed by atoms with van der Waals surface area (Å²) in [6, 6.07) is 1.36. The van der Waals surface area contributed by atoms with E-state index in [-0.39, 0.29) is 16.6 Å². The average molecular weight is 258 g/mol. The molecular weight excluding hydrogens is 249 g/mol. The Morgan fingerprint density at radius 1 is 1.53 bits per heavy atom. The van der Waals surface area contributed by atoms with E-state index in [1.807, 2.05) is 0 Å². The van der Waals surface area contributed by atoms with Crippen LogP contribution in [0.3, 0.4) is 0 Å². The largest absolute Gasteiger partial charge is 0.504 e. The summed E-state index contributed by atoms with van der Waals surface area (Å²) in [6.07, 6.45) is 1.42. The van der Waals surface area contributed by atoms with Crippen molar-refractivity contribution in [3.8, 4) is 22.6 Å². The Balaban J connectivity index is 2.74. The summed E-state index contributed by atoms with van der Waals surface area (Å²) in [4.78, 5) is 0. The van der Waals surface area contributed by atoms with Gasteiger partial charge in [-0.15, -0.1) is 0 Å². The minimum atomic E-state index is -0.935. The molecular formula is C10H9ClFN3O2. The third-order valence-electron chi connectivity index (χ3n) is 2.31. The predicted octanol–water partition coefficient (Wildman–Crippen LogP) is 2.17. The Labute approximate surface area is 101 Å². The normalized spacial score (nSPS) is 10.5. The van der Waals surface area contributed by atoms with Gasteiger partial charge in [-0.05, 0) is 6.07 Å². The van der Waals surface area contributed by atoms with Crippen molar-refractivity contribution in [2.24, 2.45) is 0 Å². The van der Waals surface area contributed by atoms with E-state index in [4.69, 9.17) is 22.1 Å². The molecule has 0 amide bonds. The van der Waals surface area contributed by atoms with E-state index < -0.39 is 11.6 Å². The van der Waals surface area contributed by atoms with Crippen LogP contribution in [0.5, 0.6) is 11.5 Å². The van der Waals surface area contributed by atoms with Crippen molar-refractivity contribution in [3.05, 3.63) is 23.1 Å². The number of benzene rings is 1. The number of ether oxygens (including phenoxy) is 1. The van der Waals surface area contributed by atoms with Crippen LogP contribution >= 0.6 is 11.6 Å². The lowest BCUT2D eigenvalue weighted by atomic mass is 10.1. The van der Waals surface area contributed by atoms with Gasteiger partial charge in [0.25, 0.3) is 0 Å². The highest BCUT2D eigenvalue weighted by Gasteiger charge is 2.20. The highest BCUT2D eigenvalue weighted by atomic mass is 35.5. The molecule has 0 atom stereocenters. The number of aromatic nitrogens is 2. The minimum absolute atomic E-state index is 0.126. The number of methoxy groups -OCH3 is 1. The molecule has 4 N–H and O–H groups in total. The molecule has 17 heavy (non-hydrogen) atoms. The molecule has 2 aromatic rings. The lowest BCUT2D eigenvalue weighted by molar-refractivity contribution is 0.366. The molecule has 0 radical (unpaired) electrons. The number of halogens is 2. The monoisotopic (exact) mass is 257 g/mol. The molecule has 1 aromatic heterocycles. The van der Waals surface area contributed by atoms with Gasteiger partial charge in [-0.25, -0.2) is 0 Å². The van der Waals surface area contributed by atoms with Crippen LogP contribution in [0.15, 0.2) is 12.3 Å². The van der Waals surface area contributed by atoms with Crippen LogP contribution in [0.4, 0.5) is 10.2 Å². The molecule has 0 spiro atoms. The maximum absolute atomic E-state index is 13.7. The standard InChI is InChI=1S/C10H9ClFN3O2/c1-17-9-4(5-3-14-15-10(5)13)2-6(11)8(16)7(9)12/h2-3,16H,1H3,(H3,13,14,15). The van der Waals surface area contributed by atoms with E-state index in [2.05, 4.69) is 10.2 Å². The number of rotatable bonds is 2. The van der Waals surface area contributed by atoms with Crippen molar-refractivity contribution in [2.45, 2.75) is 0 Å². The Kier molecular flexibility index (Phi) is 2.81. The summed E-state index contributed by atoms with van der Waals surface area (Å²) in [6.45, 7) is 0.